The molecule has 1 saturated carbocycles. The van der Waals surface area contributed by atoms with E-state index in [1.54, 1.807) is 0 Å². The second-order valence-corrected chi connectivity index (χ2v) is 7.43. The molecule has 1 aliphatic rings. The monoisotopic (exact) mass is 375 g/mol. The molecule has 3 rings (SSSR count). The number of carbonyl (C=O) groups excluding carboxylic acids is 1. The highest BCUT2D eigenvalue weighted by molar-refractivity contribution is 9.10. The van der Waals surface area contributed by atoms with E-state index in [4.69, 9.17) is 0 Å². The van der Waals surface area contributed by atoms with Crippen molar-refractivity contribution in [2.24, 2.45) is 0 Å². The number of hydrogen-bond acceptors (Lipinski definition) is 2. The average Bonchev–Trinajstić information content (AvgIpc) is 2.89. The van der Waals surface area contributed by atoms with Crippen LogP contribution >= 0.6 is 15.9 Å². The number of carbonyl (C=O) groups is 1. The maximum atomic E-state index is 12.5. The Morgan fingerprint density at radius 1 is 1.35 bits per heavy atom. The molecule has 1 amide bonds. The number of nitrogens with one attached hydrogen (secondary N) is 2. The second-order valence-electron chi connectivity index (χ2n) is 6.64. The van der Waals surface area contributed by atoms with Gasteiger partial charge < -0.3 is 5.32 Å². The molecule has 1 aromatic heterocycles. The second kappa shape index (κ2) is 6.48. The Kier molecular flexibility index (Phi) is 4.57. The molecule has 5 heteroatoms. The molecule has 1 aliphatic carbocycles. The summed E-state index contributed by atoms with van der Waals surface area (Å²) in [4.78, 5) is 12.5. The SMILES string of the molecule is CC(C)c1[nH]nc(C(=O)NCC2(c3ccccc3)CCC2)c1Br. The molecule has 122 valence electrons. The number of nitrogens with zero attached hydrogens (tertiary/aromatic N) is 1. The van der Waals surface area contributed by atoms with Gasteiger partial charge in [0.05, 0.1) is 10.2 Å². The maximum Gasteiger partial charge on any atom is 0.272 e. The van der Waals surface area contributed by atoms with Crippen LogP contribution in [0.5, 0.6) is 0 Å². The van der Waals surface area contributed by atoms with Crippen LogP contribution in [0.2, 0.25) is 0 Å². The highest BCUT2D eigenvalue weighted by Crippen LogP contribution is 2.43. The molecule has 0 aliphatic heterocycles. The zero-order chi connectivity index (χ0) is 16.4. The number of amides is 1. The van der Waals surface area contributed by atoms with Crippen LogP contribution in [0.25, 0.3) is 0 Å². The lowest BCUT2D eigenvalue weighted by Crippen LogP contribution is -2.45. The van der Waals surface area contributed by atoms with E-state index in [0.717, 1.165) is 23.0 Å². The van der Waals surface area contributed by atoms with Crippen molar-refractivity contribution in [3.63, 3.8) is 0 Å². The van der Waals surface area contributed by atoms with Crippen LogP contribution in [0.1, 0.15) is 60.8 Å². The van der Waals surface area contributed by atoms with Gasteiger partial charge >= 0.3 is 0 Å². The summed E-state index contributed by atoms with van der Waals surface area (Å²) in [5, 5.41) is 10.2. The largest absolute Gasteiger partial charge is 0.350 e. The predicted octanol–water partition coefficient (Wildman–Crippen LogP) is 4.15. The molecular weight excluding hydrogens is 354 g/mol. The van der Waals surface area contributed by atoms with Crippen molar-refractivity contribution in [2.45, 2.75) is 44.4 Å². The van der Waals surface area contributed by atoms with Gasteiger partial charge in [0, 0.05) is 12.0 Å². The fraction of sp³-hybridized carbons (Fsp3) is 0.444. The van der Waals surface area contributed by atoms with Crippen molar-refractivity contribution in [1.82, 2.24) is 15.5 Å². The number of benzene rings is 1. The summed E-state index contributed by atoms with van der Waals surface area (Å²) in [6.45, 7) is 4.80. The highest BCUT2D eigenvalue weighted by Gasteiger charge is 2.39. The van der Waals surface area contributed by atoms with Crippen LogP contribution in [-0.2, 0) is 5.41 Å². The van der Waals surface area contributed by atoms with Gasteiger partial charge in [-0.15, -0.1) is 0 Å². The molecule has 1 fully saturated rings. The summed E-state index contributed by atoms with van der Waals surface area (Å²) in [6, 6.07) is 10.5. The Balaban J connectivity index is 1.71. The van der Waals surface area contributed by atoms with E-state index in [9.17, 15) is 4.79 Å². The minimum absolute atomic E-state index is 0.0839. The Labute approximate surface area is 145 Å². The third-order valence-corrected chi connectivity index (χ3v) is 5.61. The van der Waals surface area contributed by atoms with Gasteiger partial charge in [-0.1, -0.05) is 50.6 Å². The number of H-pyrrole nitrogens is 1. The van der Waals surface area contributed by atoms with E-state index in [1.165, 1.54) is 12.0 Å². The molecule has 0 saturated heterocycles. The van der Waals surface area contributed by atoms with Crippen molar-refractivity contribution in [3.8, 4) is 0 Å². The number of aromatic amines is 1. The van der Waals surface area contributed by atoms with Crippen LogP contribution < -0.4 is 5.32 Å². The fourth-order valence-corrected chi connectivity index (χ4v) is 3.99. The Morgan fingerprint density at radius 2 is 2.04 bits per heavy atom. The molecule has 4 nitrogen and oxygen atoms in total. The minimum Gasteiger partial charge on any atom is -0.350 e. The predicted molar refractivity (Wildman–Crippen MR) is 94.7 cm³/mol. The number of aromatic nitrogens is 2. The Morgan fingerprint density at radius 3 is 2.57 bits per heavy atom. The zero-order valence-electron chi connectivity index (χ0n) is 13.5. The Bertz CT molecular complexity index is 690. The van der Waals surface area contributed by atoms with Crippen molar-refractivity contribution in [1.29, 1.82) is 0 Å². The fourth-order valence-electron chi connectivity index (χ4n) is 3.17. The molecule has 0 bridgehead atoms. The van der Waals surface area contributed by atoms with Crippen molar-refractivity contribution in [2.75, 3.05) is 6.54 Å². The molecule has 0 spiro atoms. The molecule has 0 unspecified atom stereocenters. The first-order chi connectivity index (χ1) is 11.0. The molecule has 23 heavy (non-hydrogen) atoms. The van der Waals surface area contributed by atoms with Gasteiger partial charge in [0.2, 0.25) is 0 Å². The summed E-state index contributed by atoms with van der Waals surface area (Å²) in [5.41, 5.74) is 2.80. The van der Waals surface area contributed by atoms with E-state index in [2.05, 4.69) is 69.6 Å². The van der Waals surface area contributed by atoms with Crippen molar-refractivity contribution >= 4 is 21.8 Å². The zero-order valence-corrected chi connectivity index (χ0v) is 15.1. The topological polar surface area (TPSA) is 57.8 Å². The van der Waals surface area contributed by atoms with Gasteiger partial charge in [0.1, 0.15) is 0 Å². The average molecular weight is 376 g/mol. The van der Waals surface area contributed by atoms with Crippen molar-refractivity contribution < 1.29 is 4.79 Å². The van der Waals surface area contributed by atoms with Gasteiger partial charge in [0.15, 0.2) is 5.69 Å². The smallest absolute Gasteiger partial charge is 0.272 e. The third kappa shape index (κ3) is 3.07. The van der Waals surface area contributed by atoms with Gasteiger partial charge in [0.25, 0.3) is 5.91 Å². The van der Waals surface area contributed by atoms with Crippen LogP contribution in [0.4, 0.5) is 0 Å². The van der Waals surface area contributed by atoms with Gasteiger partial charge in [-0.3, -0.25) is 9.89 Å². The van der Waals surface area contributed by atoms with Crippen LogP contribution in [0, 0.1) is 0 Å². The van der Waals surface area contributed by atoms with Crippen molar-refractivity contribution in [3.05, 3.63) is 51.8 Å². The van der Waals surface area contributed by atoms with E-state index >= 15 is 0 Å². The van der Waals surface area contributed by atoms with Gasteiger partial charge in [-0.2, -0.15) is 5.10 Å². The quantitative estimate of drug-likeness (QED) is 0.824. The lowest BCUT2D eigenvalue weighted by molar-refractivity contribution is 0.0922. The lowest BCUT2D eigenvalue weighted by atomic mass is 9.64. The number of hydrogen-bond donors (Lipinski definition) is 2. The van der Waals surface area contributed by atoms with Gasteiger partial charge in [-0.05, 0) is 40.3 Å². The number of rotatable bonds is 5. The molecule has 0 radical (unpaired) electrons. The van der Waals surface area contributed by atoms with E-state index in [0.29, 0.717) is 18.2 Å². The molecular formula is C18H22BrN3O. The molecule has 0 atom stereocenters. The lowest BCUT2D eigenvalue weighted by Gasteiger charge is -2.42. The summed E-state index contributed by atoms with van der Waals surface area (Å²) in [6.07, 6.45) is 3.46. The van der Waals surface area contributed by atoms with E-state index in [-0.39, 0.29) is 11.3 Å². The molecule has 2 N–H and O–H groups in total. The van der Waals surface area contributed by atoms with E-state index < -0.39 is 0 Å². The summed E-state index contributed by atoms with van der Waals surface area (Å²) < 4.78 is 0.771. The molecule has 1 heterocycles. The first-order valence-electron chi connectivity index (χ1n) is 8.11. The maximum absolute atomic E-state index is 12.5. The minimum atomic E-state index is -0.123. The van der Waals surface area contributed by atoms with E-state index in [1.807, 2.05) is 6.07 Å². The Hall–Kier alpha value is -1.62. The summed E-state index contributed by atoms with van der Waals surface area (Å²) >= 11 is 3.49. The summed E-state index contributed by atoms with van der Waals surface area (Å²) in [5.74, 6) is 0.169. The summed E-state index contributed by atoms with van der Waals surface area (Å²) in [7, 11) is 0. The third-order valence-electron chi connectivity index (χ3n) is 4.81. The molecule has 1 aromatic carbocycles. The normalized spacial score (nSPS) is 16.2. The standard InChI is InChI=1S/C18H22BrN3O/c1-12(2)15-14(19)16(22-21-15)17(23)20-11-18(9-6-10-18)13-7-4-3-5-8-13/h3-5,7-8,12H,6,9-11H2,1-2H3,(H,20,23)(H,21,22). The van der Waals surface area contributed by atoms with Crippen LogP contribution in [-0.4, -0.2) is 22.6 Å². The van der Waals surface area contributed by atoms with Gasteiger partial charge in [-0.25, -0.2) is 0 Å². The first kappa shape index (κ1) is 16.2. The molecule has 2 aromatic rings. The van der Waals surface area contributed by atoms with Crippen LogP contribution in [0.15, 0.2) is 34.8 Å². The first-order valence-corrected chi connectivity index (χ1v) is 8.90. The number of halogens is 1. The van der Waals surface area contributed by atoms with Crippen LogP contribution in [0.3, 0.4) is 0 Å². The highest BCUT2D eigenvalue weighted by atomic mass is 79.9.